The number of aromatic nitrogens is 1. The lowest BCUT2D eigenvalue weighted by atomic mass is 9.89. The molecular weight excluding hydrogens is 370 g/mol. The molecule has 1 fully saturated rings. The number of allylic oxidation sites excluding steroid dienone is 2. The first kappa shape index (κ1) is 21.2. The normalized spacial score (nSPS) is 31.6. The fourth-order valence-electron chi connectivity index (χ4n) is 4.06. The van der Waals surface area contributed by atoms with Gasteiger partial charge in [-0.3, -0.25) is 4.98 Å². The van der Waals surface area contributed by atoms with Gasteiger partial charge in [0.25, 0.3) is 0 Å². The predicted octanol–water partition coefficient (Wildman–Crippen LogP) is 3.53. The van der Waals surface area contributed by atoms with Gasteiger partial charge in [0.15, 0.2) is 0 Å². The molecule has 156 valence electrons. The lowest BCUT2D eigenvalue weighted by molar-refractivity contribution is -0.142. The standard InChI is InChI=1S/C23H29NO5/c1-15-10-18(14-24-13-15)23(27)29-21-8-9-22(26)28-16(2)6-4-3-5-7-17-11-19(25)12-20(17)21/h5,7-10,13-14,16-17,19-21,25H,3-4,6,11-12H2,1-2H3/b7-5+,9-8?/t16-,17+,19-,20+,21+/m0/s1. The van der Waals surface area contributed by atoms with Gasteiger partial charge in [-0.15, -0.1) is 0 Å². The number of nitrogens with zero attached hydrogens (tertiary/aromatic N) is 1. The molecule has 0 amide bonds. The van der Waals surface area contributed by atoms with E-state index in [4.69, 9.17) is 9.47 Å². The van der Waals surface area contributed by atoms with Crippen molar-refractivity contribution >= 4 is 11.9 Å². The Kier molecular flexibility index (Phi) is 7.20. The number of aryl methyl sites for hydroxylation is 1. The van der Waals surface area contributed by atoms with Crippen LogP contribution >= 0.6 is 0 Å². The van der Waals surface area contributed by atoms with Gasteiger partial charge in [-0.1, -0.05) is 12.2 Å². The van der Waals surface area contributed by atoms with Crippen LogP contribution in [0.2, 0.25) is 0 Å². The van der Waals surface area contributed by atoms with Gasteiger partial charge < -0.3 is 14.6 Å². The van der Waals surface area contributed by atoms with Gasteiger partial charge in [0.2, 0.25) is 0 Å². The Labute approximate surface area is 171 Å². The second-order valence-corrected chi connectivity index (χ2v) is 8.04. The third kappa shape index (κ3) is 6.00. The molecule has 2 aliphatic rings. The molecule has 1 saturated carbocycles. The molecule has 0 radical (unpaired) electrons. The topological polar surface area (TPSA) is 85.7 Å². The average Bonchev–Trinajstić information content (AvgIpc) is 3.04. The molecule has 6 heteroatoms. The number of carbonyl (C=O) groups is 2. The van der Waals surface area contributed by atoms with Crippen LogP contribution in [0.25, 0.3) is 0 Å². The average molecular weight is 399 g/mol. The van der Waals surface area contributed by atoms with Crippen molar-refractivity contribution in [3.8, 4) is 0 Å². The second-order valence-electron chi connectivity index (χ2n) is 8.04. The molecule has 2 heterocycles. The monoisotopic (exact) mass is 399 g/mol. The minimum Gasteiger partial charge on any atom is -0.460 e. The Morgan fingerprint density at radius 3 is 2.90 bits per heavy atom. The van der Waals surface area contributed by atoms with Crippen molar-refractivity contribution in [1.29, 1.82) is 0 Å². The van der Waals surface area contributed by atoms with Crippen LogP contribution in [0.1, 0.15) is 54.9 Å². The van der Waals surface area contributed by atoms with Gasteiger partial charge in [-0.25, -0.2) is 9.59 Å². The van der Waals surface area contributed by atoms with Crippen LogP contribution in [0.5, 0.6) is 0 Å². The zero-order valence-corrected chi connectivity index (χ0v) is 17.0. The van der Waals surface area contributed by atoms with Crippen molar-refractivity contribution in [2.75, 3.05) is 0 Å². The predicted molar refractivity (Wildman–Crippen MR) is 108 cm³/mol. The maximum Gasteiger partial charge on any atom is 0.340 e. The number of ether oxygens (including phenoxy) is 2. The Morgan fingerprint density at radius 2 is 2.10 bits per heavy atom. The largest absolute Gasteiger partial charge is 0.460 e. The highest BCUT2D eigenvalue weighted by Gasteiger charge is 2.38. The van der Waals surface area contributed by atoms with Gasteiger partial charge in [-0.2, -0.15) is 0 Å². The fraction of sp³-hybridized carbons (Fsp3) is 0.522. The first-order chi connectivity index (χ1) is 13.9. The lowest BCUT2D eigenvalue weighted by Crippen LogP contribution is -2.28. The number of cyclic esters (lactones) is 1. The van der Waals surface area contributed by atoms with Gasteiger partial charge >= 0.3 is 11.9 Å². The van der Waals surface area contributed by atoms with Crippen LogP contribution < -0.4 is 0 Å². The molecule has 0 bridgehead atoms. The van der Waals surface area contributed by atoms with E-state index < -0.39 is 24.1 Å². The summed E-state index contributed by atoms with van der Waals surface area (Å²) in [6.45, 7) is 3.73. The number of aliphatic hydroxyl groups excluding tert-OH is 1. The molecule has 1 N–H and O–H groups in total. The van der Waals surface area contributed by atoms with Crippen molar-refractivity contribution in [3.05, 3.63) is 53.9 Å². The van der Waals surface area contributed by atoms with Crippen LogP contribution in [0.15, 0.2) is 42.8 Å². The second kappa shape index (κ2) is 9.83. The maximum absolute atomic E-state index is 12.7. The smallest absolute Gasteiger partial charge is 0.340 e. The first-order valence-corrected chi connectivity index (χ1v) is 10.3. The van der Waals surface area contributed by atoms with Crippen LogP contribution in [-0.2, 0) is 14.3 Å². The summed E-state index contributed by atoms with van der Waals surface area (Å²) in [5.74, 6) is -0.966. The van der Waals surface area contributed by atoms with Crippen molar-refractivity contribution in [2.45, 2.75) is 64.3 Å². The molecule has 6 nitrogen and oxygen atoms in total. The van der Waals surface area contributed by atoms with E-state index >= 15 is 0 Å². The number of hydrogen-bond donors (Lipinski definition) is 1. The summed E-state index contributed by atoms with van der Waals surface area (Å²) >= 11 is 0. The molecular formula is C23H29NO5. The molecule has 0 saturated heterocycles. The highest BCUT2D eigenvalue weighted by molar-refractivity contribution is 5.89. The quantitative estimate of drug-likeness (QED) is 0.605. The van der Waals surface area contributed by atoms with Crippen LogP contribution in [0, 0.1) is 18.8 Å². The zero-order valence-electron chi connectivity index (χ0n) is 17.0. The molecule has 1 aliphatic carbocycles. The van der Waals surface area contributed by atoms with Gasteiger partial charge in [0.05, 0.1) is 17.8 Å². The van der Waals surface area contributed by atoms with E-state index in [2.05, 4.69) is 17.1 Å². The molecule has 0 spiro atoms. The summed E-state index contributed by atoms with van der Waals surface area (Å²) in [7, 11) is 0. The van der Waals surface area contributed by atoms with E-state index in [9.17, 15) is 14.7 Å². The van der Waals surface area contributed by atoms with Crippen molar-refractivity contribution in [3.63, 3.8) is 0 Å². The SMILES string of the molecule is Cc1cncc(C(=O)O[C@@H]2C=CC(=O)O[C@@H](C)CCC/C=C/[C@@H]3C[C@H](O)C[C@H]32)c1. The van der Waals surface area contributed by atoms with E-state index in [1.165, 1.54) is 12.3 Å². The third-order valence-electron chi connectivity index (χ3n) is 5.52. The summed E-state index contributed by atoms with van der Waals surface area (Å²) in [6, 6.07) is 1.72. The maximum atomic E-state index is 12.7. The van der Waals surface area contributed by atoms with Crippen LogP contribution in [0.3, 0.4) is 0 Å². The highest BCUT2D eigenvalue weighted by Crippen LogP contribution is 2.37. The first-order valence-electron chi connectivity index (χ1n) is 10.3. The van der Waals surface area contributed by atoms with E-state index in [-0.39, 0.29) is 17.9 Å². The van der Waals surface area contributed by atoms with Crippen LogP contribution in [-0.4, -0.2) is 40.3 Å². The summed E-state index contributed by atoms with van der Waals surface area (Å²) in [4.78, 5) is 28.9. The van der Waals surface area contributed by atoms with Crippen LogP contribution in [0.4, 0.5) is 0 Å². The van der Waals surface area contributed by atoms with Gasteiger partial charge in [0.1, 0.15) is 6.10 Å². The number of fused-ring (bicyclic) bond motifs is 1. The molecule has 5 atom stereocenters. The number of hydrogen-bond acceptors (Lipinski definition) is 6. The molecule has 1 aromatic rings. The van der Waals surface area contributed by atoms with Crippen molar-refractivity contribution in [1.82, 2.24) is 4.98 Å². The number of aliphatic hydroxyl groups is 1. The third-order valence-corrected chi connectivity index (χ3v) is 5.52. The number of esters is 2. The summed E-state index contributed by atoms with van der Waals surface area (Å²) in [5.41, 5.74) is 1.22. The minimum absolute atomic E-state index is 0.0808. The Hall–Kier alpha value is -2.47. The highest BCUT2D eigenvalue weighted by atomic mass is 16.5. The lowest BCUT2D eigenvalue weighted by Gasteiger charge is -2.24. The molecule has 0 aromatic carbocycles. The zero-order chi connectivity index (χ0) is 20.8. The van der Waals surface area contributed by atoms with E-state index in [1.54, 1.807) is 18.3 Å². The molecule has 1 aromatic heterocycles. The van der Waals surface area contributed by atoms with Crippen molar-refractivity contribution < 1.29 is 24.2 Å². The summed E-state index contributed by atoms with van der Waals surface area (Å²) in [6.07, 6.45) is 12.8. The number of pyridine rings is 1. The Balaban J connectivity index is 1.85. The number of rotatable bonds is 2. The minimum atomic E-state index is -0.640. The van der Waals surface area contributed by atoms with E-state index in [0.29, 0.717) is 18.4 Å². The summed E-state index contributed by atoms with van der Waals surface area (Å²) in [5, 5.41) is 10.2. The van der Waals surface area contributed by atoms with Gasteiger partial charge in [-0.05, 0) is 69.6 Å². The molecule has 0 unspecified atom stereocenters. The molecule has 29 heavy (non-hydrogen) atoms. The fourth-order valence-corrected chi connectivity index (χ4v) is 4.06. The Morgan fingerprint density at radius 1 is 1.28 bits per heavy atom. The molecule has 1 aliphatic heterocycles. The number of carbonyl (C=O) groups excluding carboxylic acids is 2. The van der Waals surface area contributed by atoms with Crippen molar-refractivity contribution in [2.24, 2.45) is 11.8 Å². The molecule has 3 rings (SSSR count). The Bertz CT molecular complexity index is 787. The van der Waals surface area contributed by atoms with E-state index in [0.717, 1.165) is 24.8 Å². The van der Waals surface area contributed by atoms with E-state index in [1.807, 2.05) is 13.8 Å². The van der Waals surface area contributed by atoms with Gasteiger partial charge in [0, 0.05) is 24.4 Å². The summed E-state index contributed by atoms with van der Waals surface area (Å²) < 4.78 is 11.2.